The van der Waals surface area contributed by atoms with Crippen molar-refractivity contribution in [3.63, 3.8) is 0 Å². The first-order valence-electron chi connectivity index (χ1n) is 8.40. The summed E-state index contributed by atoms with van der Waals surface area (Å²) in [5, 5.41) is 3.12. The molecule has 0 aliphatic heterocycles. The molecule has 0 fully saturated rings. The number of methoxy groups -OCH3 is 2. The molecule has 146 valence electrons. The van der Waals surface area contributed by atoms with Gasteiger partial charge in [-0.15, -0.1) is 6.58 Å². The number of hydrogen-bond acceptors (Lipinski definition) is 5. The number of benzene rings is 1. The van der Waals surface area contributed by atoms with Crippen LogP contribution in [-0.4, -0.2) is 32.7 Å². The van der Waals surface area contributed by atoms with E-state index in [9.17, 15) is 9.59 Å². The maximum absolute atomic E-state index is 12.4. The lowest BCUT2D eigenvalue weighted by Gasteiger charge is -2.27. The van der Waals surface area contributed by atoms with E-state index in [-0.39, 0.29) is 11.0 Å². The molecule has 0 aliphatic rings. The minimum atomic E-state index is -0.760. The Morgan fingerprint density at radius 3 is 2.04 bits per heavy atom. The van der Waals surface area contributed by atoms with Crippen molar-refractivity contribution in [2.45, 2.75) is 20.8 Å². The van der Waals surface area contributed by atoms with Crippen LogP contribution in [0.1, 0.15) is 26.3 Å². The predicted molar refractivity (Wildman–Crippen MR) is 116 cm³/mol. The van der Waals surface area contributed by atoms with E-state index in [1.165, 1.54) is 14.2 Å². The highest BCUT2D eigenvalue weighted by Gasteiger charge is 2.30. The Morgan fingerprint density at radius 1 is 1.11 bits per heavy atom. The van der Waals surface area contributed by atoms with Gasteiger partial charge < -0.3 is 14.8 Å². The molecule has 1 aromatic rings. The maximum Gasteiger partial charge on any atom is 0.347 e. The number of carbonyl (C=O) groups excluding carboxylic acids is 2. The second-order valence-electron chi connectivity index (χ2n) is 6.71. The molecule has 0 aliphatic carbocycles. The fraction of sp³-hybridized carbons (Fsp3) is 0.333. The molecule has 1 N–H and O–H groups in total. The zero-order chi connectivity index (χ0) is 20.6. The van der Waals surface area contributed by atoms with Crippen molar-refractivity contribution in [2.24, 2.45) is 5.41 Å². The maximum atomic E-state index is 12.4. The second-order valence-corrected chi connectivity index (χ2v) is 7.79. The zero-order valence-corrected chi connectivity index (χ0v) is 18.5. The molecule has 0 bridgehead atoms. The number of ether oxygens (including phenoxy) is 2. The van der Waals surface area contributed by atoms with Crippen LogP contribution in [0.3, 0.4) is 0 Å². The SMILES string of the molecule is C=CCNC(=C(C(=O)OC)C(=O)OC)/C(I)=C(/c1ccccc1)C(C)(C)C. The van der Waals surface area contributed by atoms with Crippen molar-refractivity contribution in [3.05, 3.63) is 63.4 Å². The molecule has 1 rings (SSSR count). The number of allylic oxidation sites excluding steroid dienone is 2. The minimum Gasteiger partial charge on any atom is -0.465 e. The molecule has 1 aromatic carbocycles. The molecule has 0 radical (unpaired) electrons. The van der Waals surface area contributed by atoms with E-state index in [0.717, 1.165) is 14.7 Å². The fourth-order valence-corrected chi connectivity index (χ4v) is 4.14. The fourth-order valence-electron chi connectivity index (χ4n) is 2.56. The molecule has 0 heterocycles. The monoisotopic (exact) mass is 483 g/mol. The largest absolute Gasteiger partial charge is 0.465 e. The van der Waals surface area contributed by atoms with E-state index in [2.05, 4.69) is 55.3 Å². The van der Waals surface area contributed by atoms with Gasteiger partial charge in [0.25, 0.3) is 0 Å². The number of halogens is 1. The molecular weight excluding hydrogens is 457 g/mol. The van der Waals surface area contributed by atoms with Gasteiger partial charge in [0.05, 0.1) is 19.9 Å². The van der Waals surface area contributed by atoms with Crippen LogP contribution in [0.2, 0.25) is 0 Å². The summed E-state index contributed by atoms with van der Waals surface area (Å²) in [6.07, 6.45) is 1.65. The van der Waals surface area contributed by atoms with Crippen LogP contribution in [0.4, 0.5) is 0 Å². The van der Waals surface area contributed by atoms with E-state index in [4.69, 9.17) is 9.47 Å². The lowest BCUT2D eigenvalue weighted by molar-refractivity contribution is -0.144. The smallest absolute Gasteiger partial charge is 0.347 e. The third-order valence-corrected chi connectivity index (χ3v) is 4.78. The van der Waals surface area contributed by atoms with E-state index in [0.29, 0.717) is 12.2 Å². The van der Waals surface area contributed by atoms with Gasteiger partial charge in [-0.1, -0.05) is 57.2 Å². The summed E-state index contributed by atoms with van der Waals surface area (Å²) in [5.74, 6) is -1.52. The number of esters is 2. The molecular formula is C21H26INO4. The van der Waals surface area contributed by atoms with Crippen molar-refractivity contribution < 1.29 is 19.1 Å². The number of hydrogen-bond donors (Lipinski definition) is 1. The summed E-state index contributed by atoms with van der Waals surface area (Å²) in [4.78, 5) is 24.7. The van der Waals surface area contributed by atoms with Crippen LogP contribution >= 0.6 is 22.6 Å². The van der Waals surface area contributed by atoms with Crippen LogP contribution in [0.5, 0.6) is 0 Å². The summed E-state index contributed by atoms with van der Waals surface area (Å²) in [7, 11) is 2.46. The molecule has 27 heavy (non-hydrogen) atoms. The topological polar surface area (TPSA) is 64.6 Å². The molecule has 0 saturated heterocycles. The Bertz CT molecular complexity index is 740. The van der Waals surface area contributed by atoms with Crippen LogP contribution in [-0.2, 0) is 19.1 Å². The first-order valence-corrected chi connectivity index (χ1v) is 9.48. The van der Waals surface area contributed by atoms with Crippen molar-refractivity contribution in [1.29, 1.82) is 0 Å². The Morgan fingerprint density at radius 2 is 1.63 bits per heavy atom. The van der Waals surface area contributed by atoms with Crippen LogP contribution in [0.15, 0.2) is 57.8 Å². The van der Waals surface area contributed by atoms with Gasteiger partial charge in [0.1, 0.15) is 0 Å². The van der Waals surface area contributed by atoms with E-state index < -0.39 is 11.9 Å². The summed E-state index contributed by atoms with van der Waals surface area (Å²) >= 11 is 2.16. The minimum absolute atomic E-state index is 0.177. The van der Waals surface area contributed by atoms with Crippen molar-refractivity contribution in [1.82, 2.24) is 5.32 Å². The molecule has 0 atom stereocenters. The van der Waals surface area contributed by atoms with Crippen molar-refractivity contribution in [3.8, 4) is 0 Å². The highest BCUT2D eigenvalue weighted by Crippen LogP contribution is 2.41. The van der Waals surface area contributed by atoms with Gasteiger partial charge in [-0.05, 0) is 39.1 Å². The van der Waals surface area contributed by atoms with Crippen molar-refractivity contribution >= 4 is 40.1 Å². The summed E-state index contributed by atoms with van der Waals surface area (Å²) in [6, 6.07) is 9.85. The molecule has 5 nitrogen and oxygen atoms in total. The summed E-state index contributed by atoms with van der Waals surface area (Å²) in [6.45, 7) is 10.3. The molecule has 0 aromatic heterocycles. The van der Waals surface area contributed by atoms with Gasteiger partial charge in [0, 0.05) is 10.1 Å². The molecule has 0 saturated carbocycles. The second kappa shape index (κ2) is 10.3. The number of carbonyl (C=O) groups is 2. The molecule has 0 spiro atoms. The highest BCUT2D eigenvalue weighted by molar-refractivity contribution is 14.1. The lowest BCUT2D eigenvalue weighted by atomic mass is 9.81. The van der Waals surface area contributed by atoms with E-state index in [1.807, 2.05) is 30.3 Å². The molecule has 6 heteroatoms. The standard InChI is InChI=1S/C21H26INO4/c1-7-13-23-18(15(19(24)26-5)20(25)27-6)17(22)16(21(2,3)4)14-11-9-8-10-12-14/h7-12,23H,1,13H2,2-6H3/b17-16+. The van der Waals surface area contributed by atoms with E-state index in [1.54, 1.807) is 6.08 Å². The first-order chi connectivity index (χ1) is 12.7. The van der Waals surface area contributed by atoms with E-state index >= 15 is 0 Å². The first kappa shape index (κ1) is 23.0. The van der Waals surface area contributed by atoms with Gasteiger partial charge >= 0.3 is 11.9 Å². The normalized spacial score (nSPS) is 11.8. The van der Waals surface area contributed by atoms with Gasteiger partial charge in [0.2, 0.25) is 0 Å². The quantitative estimate of drug-likeness (QED) is 0.120. The molecule has 0 unspecified atom stereocenters. The van der Waals surface area contributed by atoms with Gasteiger partial charge in [-0.3, -0.25) is 0 Å². The Kier molecular flexibility index (Phi) is 8.75. The van der Waals surface area contributed by atoms with Crippen LogP contribution in [0, 0.1) is 5.41 Å². The van der Waals surface area contributed by atoms with Gasteiger partial charge in [-0.25, -0.2) is 9.59 Å². The van der Waals surface area contributed by atoms with Crippen LogP contribution in [0.25, 0.3) is 5.57 Å². The van der Waals surface area contributed by atoms with Crippen LogP contribution < -0.4 is 5.32 Å². The Labute approximate surface area is 174 Å². The number of rotatable bonds is 7. The average Bonchev–Trinajstić information content (AvgIpc) is 2.63. The summed E-state index contributed by atoms with van der Waals surface area (Å²) in [5.41, 5.74) is 1.92. The third kappa shape index (κ3) is 5.95. The highest BCUT2D eigenvalue weighted by atomic mass is 127. The average molecular weight is 483 g/mol. The third-order valence-electron chi connectivity index (χ3n) is 3.70. The Hall–Kier alpha value is -2.09. The van der Waals surface area contributed by atoms with Crippen molar-refractivity contribution in [2.75, 3.05) is 20.8 Å². The lowest BCUT2D eigenvalue weighted by Crippen LogP contribution is -2.26. The Balaban J connectivity index is 3.88. The zero-order valence-electron chi connectivity index (χ0n) is 16.4. The van der Waals surface area contributed by atoms with Gasteiger partial charge in [-0.2, -0.15) is 0 Å². The molecule has 0 amide bonds. The predicted octanol–water partition coefficient (Wildman–Crippen LogP) is 4.25. The summed E-state index contributed by atoms with van der Waals surface area (Å²) < 4.78 is 10.4. The number of nitrogens with one attached hydrogen (secondary N) is 1. The van der Waals surface area contributed by atoms with Gasteiger partial charge in [0.15, 0.2) is 5.57 Å².